The standard InChI is InChI=1S/C15H19N3O2S/c16-14-17-11-5-4-10(8-12(11)21-14)13(20)18-15(9-19)6-2-1-3-7-15/h4-5,8,19H,1-3,6-7,9H2,(H2,16,17)(H,18,20). The van der Waals surface area contributed by atoms with Crippen LogP contribution >= 0.6 is 11.3 Å². The monoisotopic (exact) mass is 305 g/mol. The third-order valence-electron chi connectivity index (χ3n) is 4.16. The molecule has 1 aromatic heterocycles. The van der Waals surface area contributed by atoms with Crippen LogP contribution in [0, 0.1) is 0 Å². The number of carbonyl (C=O) groups excluding carboxylic acids is 1. The number of fused-ring (bicyclic) bond motifs is 1. The van der Waals surface area contributed by atoms with Crippen LogP contribution in [-0.4, -0.2) is 28.1 Å². The van der Waals surface area contributed by atoms with Gasteiger partial charge in [0, 0.05) is 5.56 Å². The molecule has 0 saturated heterocycles. The minimum Gasteiger partial charge on any atom is -0.394 e. The van der Waals surface area contributed by atoms with Crippen LogP contribution in [0.5, 0.6) is 0 Å². The van der Waals surface area contributed by atoms with Crippen molar-refractivity contribution in [2.75, 3.05) is 12.3 Å². The first-order valence-corrected chi connectivity index (χ1v) is 8.03. The highest BCUT2D eigenvalue weighted by Gasteiger charge is 2.33. The van der Waals surface area contributed by atoms with Gasteiger partial charge in [0.15, 0.2) is 5.13 Å². The van der Waals surface area contributed by atoms with Gasteiger partial charge in [-0.1, -0.05) is 30.6 Å². The summed E-state index contributed by atoms with van der Waals surface area (Å²) in [5.41, 5.74) is 6.62. The van der Waals surface area contributed by atoms with Crippen molar-refractivity contribution in [3.05, 3.63) is 23.8 Å². The SMILES string of the molecule is Nc1nc2ccc(C(=O)NC3(CO)CCCCC3)cc2s1. The summed E-state index contributed by atoms with van der Waals surface area (Å²) in [6.45, 7) is -0.00547. The average molecular weight is 305 g/mol. The zero-order chi connectivity index (χ0) is 14.9. The Morgan fingerprint density at radius 1 is 1.38 bits per heavy atom. The normalized spacial score (nSPS) is 17.8. The minimum atomic E-state index is -0.461. The summed E-state index contributed by atoms with van der Waals surface area (Å²) in [5, 5.41) is 13.2. The fraction of sp³-hybridized carbons (Fsp3) is 0.467. The number of hydrogen-bond donors (Lipinski definition) is 3. The second-order valence-corrected chi connectivity index (χ2v) is 6.75. The topological polar surface area (TPSA) is 88.2 Å². The van der Waals surface area contributed by atoms with Crippen LogP contribution in [-0.2, 0) is 0 Å². The van der Waals surface area contributed by atoms with Crippen molar-refractivity contribution in [1.29, 1.82) is 0 Å². The van der Waals surface area contributed by atoms with E-state index in [9.17, 15) is 9.90 Å². The molecular weight excluding hydrogens is 286 g/mol. The Kier molecular flexibility index (Phi) is 3.82. The van der Waals surface area contributed by atoms with Gasteiger partial charge in [0.05, 0.1) is 22.4 Å². The van der Waals surface area contributed by atoms with Gasteiger partial charge in [0.2, 0.25) is 0 Å². The van der Waals surface area contributed by atoms with Gasteiger partial charge in [-0.05, 0) is 31.0 Å². The Morgan fingerprint density at radius 3 is 2.86 bits per heavy atom. The molecule has 1 amide bonds. The second kappa shape index (κ2) is 5.61. The number of aliphatic hydroxyl groups excluding tert-OH is 1. The summed E-state index contributed by atoms with van der Waals surface area (Å²) in [6, 6.07) is 5.38. The molecular formula is C15H19N3O2S. The van der Waals surface area contributed by atoms with Gasteiger partial charge in [-0.2, -0.15) is 0 Å². The first-order valence-electron chi connectivity index (χ1n) is 7.21. The van der Waals surface area contributed by atoms with Crippen LogP contribution in [0.15, 0.2) is 18.2 Å². The molecule has 1 aliphatic rings. The summed E-state index contributed by atoms with van der Waals surface area (Å²) < 4.78 is 0.904. The number of aromatic nitrogens is 1. The van der Waals surface area contributed by atoms with Crippen molar-refractivity contribution in [2.45, 2.75) is 37.6 Å². The van der Waals surface area contributed by atoms with Crippen molar-refractivity contribution in [1.82, 2.24) is 10.3 Å². The number of anilines is 1. The molecule has 0 atom stereocenters. The lowest BCUT2D eigenvalue weighted by molar-refractivity contribution is 0.0759. The molecule has 1 heterocycles. The molecule has 0 bridgehead atoms. The number of rotatable bonds is 3. The number of benzene rings is 1. The zero-order valence-electron chi connectivity index (χ0n) is 11.8. The predicted molar refractivity (Wildman–Crippen MR) is 84.4 cm³/mol. The van der Waals surface area contributed by atoms with Crippen LogP contribution in [0.2, 0.25) is 0 Å². The van der Waals surface area contributed by atoms with Gasteiger partial charge in [-0.25, -0.2) is 4.98 Å². The van der Waals surface area contributed by atoms with E-state index in [1.807, 2.05) is 12.1 Å². The average Bonchev–Trinajstić information content (AvgIpc) is 2.87. The molecule has 112 valence electrons. The lowest BCUT2D eigenvalue weighted by Gasteiger charge is -2.36. The number of nitrogen functional groups attached to an aromatic ring is 1. The highest BCUT2D eigenvalue weighted by Crippen LogP contribution is 2.29. The molecule has 1 aromatic carbocycles. The summed E-state index contributed by atoms with van der Waals surface area (Å²) in [5.74, 6) is -0.139. The van der Waals surface area contributed by atoms with Crippen molar-refractivity contribution < 1.29 is 9.90 Å². The lowest BCUT2D eigenvalue weighted by atomic mass is 9.82. The van der Waals surface area contributed by atoms with E-state index in [4.69, 9.17) is 5.73 Å². The third-order valence-corrected chi connectivity index (χ3v) is 5.01. The summed E-state index contributed by atoms with van der Waals surface area (Å²) in [6.07, 6.45) is 4.94. The van der Waals surface area contributed by atoms with E-state index >= 15 is 0 Å². The van der Waals surface area contributed by atoms with Crippen LogP contribution in [0.1, 0.15) is 42.5 Å². The summed E-state index contributed by atoms with van der Waals surface area (Å²) >= 11 is 1.37. The van der Waals surface area contributed by atoms with Gasteiger partial charge >= 0.3 is 0 Å². The van der Waals surface area contributed by atoms with E-state index in [0.29, 0.717) is 10.7 Å². The number of amides is 1. The Hall–Kier alpha value is -1.66. The highest BCUT2D eigenvalue weighted by atomic mass is 32.1. The molecule has 1 saturated carbocycles. The molecule has 0 radical (unpaired) electrons. The number of thiazole rings is 1. The summed E-state index contributed by atoms with van der Waals surface area (Å²) in [7, 11) is 0. The van der Waals surface area contributed by atoms with Crippen molar-refractivity contribution >= 4 is 32.6 Å². The van der Waals surface area contributed by atoms with Gasteiger partial charge in [-0.3, -0.25) is 4.79 Å². The quantitative estimate of drug-likeness (QED) is 0.812. The van der Waals surface area contributed by atoms with Crippen molar-refractivity contribution in [2.24, 2.45) is 0 Å². The highest BCUT2D eigenvalue weighted by molar-refractivity contribution is 7.22. The maximum atomic E-state index is 12.5. The van der Waals surface area contributed by atoms with Gasteiger partial charge < -0.3 is 16.2 Å². The molecule has 3 rings (SSSR count). The number of aliphatic hydroxyl groups is 1. The number of nitrogens with zero attached hydrogens (tertiary/aromatic N) is 1. The van der Waals surface area contributed by atoms with Crippen molar-refractivity contribution in [3.8, 4) is 0 Å². The Morgan fingerprint density at radius 2 is 2.14 bits per heavy atom. The number of nitrogens with one attached hydrogen (secondary N) is 1. The van der Waals surface area contributed by atoms with E-state index < -0.39 is 5.54 Å². The smallest absolute Gasteiger partial charge is 0.251 e. The Balaban J connectivity index is 1.82. The van der Waals surface area contributed by atoms with E-state index in [1.54, 1.807) is 6.07 Å². The Labute approximate surface area is 127 Å². The van der Waals surface area contributed by atoms with E-state index in [1.165, 1.54) is 17.8 Å². The van der Waals surface area contributed by atoms with Crippen LogP contribution in [0.3, 0.4) is 0 Å². The maximum Gasteiger partial charge on any atom is 0.251 e. The minimum absolute atomic E-state index is 0.00547. The first kappa shape index (κ1) is 14.3. The van der Waals surface area contributed by atoms with Crippen LogP contribution in [0.4, 0.5) is 5.13 Å². The fourth-order valence-electron chi connectivity index (χ4n) is 2.95. The maximum absolute atomic E-state index is 12.5. The Bertz CT molecular complexity index is 662. The van der Waals surface area contributed by atoms with E-state index in [0.717, 1.165) is 35.9 Å². The number of hydrogen-bond acceptors (Lipinski definition) is 5. The lowest BCUT2D eigenvalue weighted by Crippen LogP contribution is -2.52. The third kappa shape index (κ3) is 2.87. The van der Waals surface area contributed by atoms with Gasteiger partial charge in [0.25, 0.3) is 5.91 Å². The second-order valence-electron chi connectivity index (χ2n) is 5.69. The molecule has 0 aliphatic heterocycles. The molecule has 6 heteroatoms. The number of carbonyl (C=O) groups is 1. The zero-order valence-corrected chi connectivity index (χ0v) is 12.6. The molecule has 0 spiro atoms. The predicted octanol–water partition coefficient (Wildman–Crippen LogP) is 2.30. The fourth-order valence-corrected chi connectivity index (χ4v) is 3.72. The van der Waals surface area contributed by atoms with E-state index in [-0.39, 0.29) is 12.5 Å². The molecule has 4 N–H and O–H groups in total. The van der Waals surface area contributed by atoms with Gasteiger partial charge in [-0.15, -0.1) is 0 Å². The largest absolute Gasteiger partial charge is 0.394 e. The van der Waals surface area contributed by atoms with Crippen molar-refractivity contribution in [3.63, 3.8) is 0 Å². The van der Waals surface area contributed by atoms with Gasteiger partial charge in [0.1, 0.15) is 0 Å². The number of nitrogens with two attached hydrogens (primary N) is 1. The molecule has 21 heavy (non-hydrogen) atoms. The molecule has 0 unspecified atom stereocenters. The molecule has 1 fully saturated rings. The molecule has 2 aromatic rings. The van der Waals surface area contributed by atoms with Crippen LogP contribution in [0.25, 0.3) is 10.2 Å². The van der Waals surface area contributed by atoms with Crippen LogP contribution < -0.4 is 11.1 Å². The molecule has 1 aliphatic carbocycles. The molecule has 5 nitrogen and oxygen atoms in total. The first-order chi connectivity index (χ1) is 10.1. The van der Waals surface area contributed by atoms with E-state index in [2.05, 4.69) is 10.3 Å². The summed E-state index contributed by atoms with van der Waals surface area (Å²) in [4.78, 5) is 16.6.